The van der Waals surface area contributed by atoms with E-state index in [1.165, 1.54) is 0 Å². The van der Waals surface area contributed by atoms with E-state index in [1.807, 2.05) is 17.9 Å². The second kappa shape index (κ2) is 4.94. The Morgan fingerprint density at radius 1 is 1.86 bits per heavy atom. The summed E-state index contributed by atoms with van der Waals surface area (Å²) in [5.41, 5.74) is 0. The van der Waals surface area contributed by atoms with Gasteiger partial charge in [0, 0.05) is 19.1 Å². The molecule has 14 heavy (non-hydrogen) atoms. The van der Waals surface area contributed by atoms with E-state index in [2.05, 4.69) is 0 Å². The summed E-state index contributed by atoms with van der Waals surface area (Å²) in [4.78, 5) is 12.5. The number of nitrogens with zero attached hydrogens (tertiary/aromatic N) is 2. The van der Waals surface area contributed by atoms with Crippen LogP contribution < -0.4 is 0 Å². The van der Waals surface area contributed by atoms with Crippen molar-refractivity contribution in [1.29, 1.82) is 5.26 Å². The van der Waals surface area contributed by atoms with Crippen molar-refractivity contribution in [3.8, 4) is 6.07 Å². The molecule has 5 heteroatoms. The van der Waals surface area contributed by atoms with E-state index in [-0.39, 0.29) is 12.5 Å². The van der Waals surface area contributed by atoms with Crippen LogP contribution in [0.15, 0.2) is 0 Å². The maximum Gasteiger partial charge on any atom is 0.304 e. The topological polar surface area (TPSA) is 73.6 Å². The van der Waals surface area contributed by atoms with Crippen molar-refractivity contribution in [1.82, 2.24) is 4.90 Å². The van der Waals surface area contributed by atoms with Gasteiger partial charge in [-0.15, -0.1) is 0 Å². The number of rotatable bonds is 3. The van der Waals surface area contributed by atoms with Crippen LogP contribution in [-0.4, -0.2) is 47.8 Å². The number of aliphatic carboxylic acids is 1. The van der Waals surface area contributed by atoms with Crippen LogP contribution in [0.4, 0.5) is 0 Å². The predicted octanol–water partition coefficient (Wildman–Crippen LogP) is 0.0740. The van der Waals surface area contributed by atoms with Crippen LogP contribution in [0.2, 0.25) is 0 Å². The third-order valence-electron chi connectivity index (χ3n) is 2.34. The normalized spacial score (nSPS) is 25.3. The molecule has 0 saturated carbocycles. The highest BCUT2D eigenvalue weighted by Crippen LogP contribution is 2.10. The zero-order valence-electron chi connectivity index (χ0n) is 8.14. The molecule has 0 bridgehead atoms. The molecule has 0 aromatic rings. The minimum absolute atomic E-state index is 0.0350. The first-order valence-corrected chi connectivity index (χ1v) is 4.60. The quantitative estimate of drug-likeness (QED) is 0.694. The fourth-order valence-electron chi connectivity index (χ4n) is 1.53. The van der Waals surface area contributed by atoms with E-state index in [1.54, 1.807) is 0 Å². The fraction of sp³-hybridized carbons (Fsp3) is 0.778. The molecule has 5 nitrogen and oxygen atoms in total. The molecule has 0 aliphatic carbocycles. The number of ether oxygens (including phenoxy) is 1. The lowest BCUT2D eigenvalue weighted by molar-refractivity contribution is -0.138. The van der Waals surface area contributed by atoms with Gasteiger partial charge in [0.15, 0.2) is 6.10 Å². The van der Waals surface area contributed by atoms with E-state index < -0.39 is 12.1 Å². The summed E-state index contributed by atoms with van der Waals surface area (Å²) in [6, 6.07) is 2.00. The molecule has 1 fully saturated rings. The van der Waals surface area contributed by atoms with Crippen LogP contribution in [0.5, 0.6) is 0 Å². The van der Waals surface area contributed by atoms with Crippen LogP contribution in [0.25, 0.3) is 0 Å². The molecule has 1 aliphatic heterocycles. The van der Waals surface area contributed by atoms with Crippen molar-refractivity contribution in [2.75, 3.05) is 19.7 Å². The zero-order chi connectivity index (χ0) is 10.6. The molecule has 1 N–H and O–H groups in total. The molecule has 1 rings (SSSR count). The van der Waals surface area contributed by atoms with Gasteiger partial charge in [-0.25, -0.2) is 0 Å². The summed E-state index contributed by atoms with van der Waals surface area (Å²) in [6.07, 6.45) is -0.307. The molecular weight excluding hydrogens is 184 g/mol. The van der Waals surface area contributed by atoms with E-state index in [0.29, 0.717) is 19.7 Å². The molecule has 0 radical (unpaired) electrons. The molecule has 2 atom stereocenters. The van der Waals surface area contributed by atoms with Gasteiger partial charge >= 0.3 is 5.97 Å². The molecule has 1 aliphatic rings. The minimum Gasteiger partial charge on any atom is -0.481 e. The lowest BCUT2D eigenvalue weighted by Gasteiger charge is -2.33. The predicted molar refractivity (Wildman–Crippen MR) is 48.6 cm³/mol. The number of carboxylic acids is 1. The second-order valence-electron chi connectivity index (χ2n) is 3.43. The van der Waals surface area contributed by atoms with Gasteiger partial charge in [-0.2, -0.15) is 5.26 Å². The zero-order valence-corrected chi connectivity index (χ0v) is 8.14. The molecule has 1 saturated heterocycles. The van der Waals surface area contributed by atoms with Crippen LogP contribution in [-0.2, 0) is 9.53 Å². The summed E-state index contributed by atoms with van der Waals surface area (Å²) in [7, 11) is 0. The van der Waals surface area contributed by atoms with E-state index in [0.717, 1.165) is 0 Å². The van der Waals surface area contributed by atoms with Crippen LogP contribution in [0.1, 0.15) is 13.3 Å². The first kappa shape index (κ1) is 11.0. The number of carbonyl (C=O) groups is 1. The lowest BCUT2D eigenvalue weighted by Crippen LogP contribution is -2.46. The molecule has 0 spiro atoms. The van der Waals surface area contributed by atoms with Crippen LogP contribution in [0, 0.1) is 11.3 Å². The Balaban J connectivity index is 2.43. The molecule has 2 unspecified atom stereocenters. The molecule has 0 aromatic carbocycles. The number of morpholine rings is 1. The maximum absolute atomic E-state index is 10.5. The first-order valence-electron chi connectivity index (χ1n) is 4.60. The summed E-state index contributed by atoms with van der Waals surface area (Å²) >= 11 is 0. The lowest BCUT2D eigenvalue weighted by atomic mass is 10.1. The molecule has 1 heterocycles. The van der Waals surface area contributed by atoms with E-state index >= 15 is 0 Å². The Morgan fingerprint density at radius 3 is 3.14 bits per heavy atom. The number of hydrogen-bond donors (Lipinski definition) is 1. The number of hydrogen-bond acceptors (Lipinski definition) is 4. The Kier molecular flexibility index (Phi) is 3.86. The Morgan fingerprint density at radius 2 is 2.57 bits per heavy atom. The van der Waals surface area contributed by atoms with Crippen molar-refractivity contribution in [3.63, 3.8) is 0 Å². The highest BCUT2D eigenvalue weighted by Gasteiger charge is 2.24. The molecule has 0 aromatic heterocycles. The van der Waals surface area contributed by atoms with Crippen molar-refractivity contribution >= 4 is 5.97 Å². The average molecular weight is 198 g/mol. The second-order valence-corrected chi connectivity index (χ2v) is 3.43. The third-order valence-corrected chi connectivity index (χ3v) is 2.34. The van der Waals surface area contributed by atoms with Crippen molar-refractivity contribution < 1.29 is 14.6 Å². The number of carboxylic acid groups (broad SMARTS) is 1. The average Bonchev–Trinajstić information content (AvgIpc) is 2.17. The summed E-state index contributed by atoms with van der Waals surface area (Å²) in [5, 5.41) is 17.3. The third kappa shape index (κ3) is 2.98. The minimum atomic E-state index is -0.808. The van der Waals surface area contributed by atoms with Crippen molar-refractivity contribution in [2.45, 2.75) is 25.5 Å². The molecular formula is C9H14N2O3. The van der Waals surface area contributed by atoms with Crippen LogP contribution in [0.3, 0.4) is 0 Å². The summed E-state index contributed by atoms with van der Waals surface area (Å²) in [5.74, 6) is -0.808. The van der Waals surface area contributed by atoms with Crippen LogP contribution >= 0.6 is 0 Å². The summed E-state index contributed by atoms with van der Waals surface area (Å²) in [6.45, 7) is 3.56. The van der Waals surface area contributed by atoms with Gasteiger partial charge in [-0.3, -0.25) is 9.69 Å². The van der Waals surface area contributed by atoms with Crippen molar-refractivity contribution in [3.05, 3.63) is 0 Å². The Labute approximate surface area is 82.9 Å². The van der Waals surface area contributed by atoms with E-state index in [9.17, 15) is 4.79 Å². The summed E-state index contributed by atoms with van der Waals surface area (Å²) < 4.78 is 5.16. The van der Waals surface area contributed by atoms with Gasteiger partial charge < -0.3 is 9.84 Å². The molecule has 78 valence electrons. The maximum atomic E-state index is 10.5. The smallest absolute Gasteiger partial charge is 0.304 e. The van der Waals surface area contributed by atoms with Crippen molar-refractivity contribution in [2.24, 2.45) is 0 Å². The largest absolute Gasteiger partial charge is 0.481 e. The van der Waals surface area contributed by atoms with Gasteiger partial charge in [0.2, 0.25) is 0 Å². The monoisotopic (exact) mass is 198 g/mol. The van der Waals surface area contributed by atoms with Gasteiger partial charge in [-0.05, 0) is 6.92 Å². The Hall–Kier alpha value is -1.12. The SMILES string of the molecule is CC(CC(=O)O)N1CCOC(C#N)C1. The highest BCUT2D eigenvalue weighted by atomic mass is 16.5. The number of nitriles is 1. The standard InChI is InChI=1S/C9H14N2O3/c1-7(4-9(12)13)11-2-3-14-8(5-10)6-11/h7-8H,2-4,6H2,1H3,(H,12,13). The fourth-order valence-corrected chi connectivity index (χ4v) is 1.53. The highest BCUT2D eigenvalue weighted by molar-refractivity contribution is 5.67. The van der Waals surface area contributed by atoms with Gasteiger partial charge in [0.05, 0.1) is 19.1 Å². The van der Waals surface area contributed by atoms with E-state index in [4.69, 9.17) is 15.1 Å². The Bertz CT molecular complexity index is 249. The first-order chi connectivity index (χ1) is 6.63. The molecule has 0 amide bonds. The van der Waals surface area contributed by atoms with Gasteiger partial charge in [-0.1, -0.05) is 0 Å². The van der Waals surface area contributed by atoms with Gasteiger partial charge in [0.25, 0.3) is 0 Å². The van der Waals surface area contributed by atoms with Gasteiger partial charge in [0.1, 0.15) is 0 Å².